The van der Waals surface area contributed by atoms with Gasteiger partial charge in [0.2, 0.25) is 0 Å². The number of benzene rings is 1. The number of rotatable bonds is 9. The topological polar surface area (TPSA) is 60.7 Å². The van der Waals surface area contributed by atoms with E-state index in [0.717, 1.165) is 38.5 Å². The summed E-state index contributed by atoms with van der Waals surface area (Å²) in [5, 5.41) is 26.6. The van der Waals surface area contributed by atoms with E-state index < -0.39 is 0 Å². The third kappa shape index (κ3) is 5.63. The molecule has 3 nitrogen and oxygen atoms in total. The van der Waals surface area contributed by atoms with Crippen molar-refractivity contribution in [2.75, 3.05) is 19.8 Å². The molecule has 0 saturated heterocycles. The van der Waals surface area contributed by atoms with Crippen molar-refractivity contribution in [1.29, 1.82) is 0 Å². The molecule has 0 bridgehead atoms. The zero-order valence-electron chi connectivity index (χ0n) is 10.9. The van der Waals surface area contributed by atoms with Gasteiger partial charge in [0.05, 0.1) is 0 Å². The molecule has 0 aliphatic heterocycles. The molecule has 0 aromatic heterocycles. The lowest BCUT2D eigenvalue weighted by Crippen LogP contribution is -1.98. The van der Waals surface area contributed by atoms with Crippen molar-refractivity contribution in [1.82, 2.24) is 0 Å². The van der Waals surface area contributed by atoms with Crippen LogP contribution in [0.15, 0.2) is 18.2 Å². The zero-order valence-corrected chi connectivity index (χ0v) is 10.9. The molecule has 0 amide bonds. The summed E-state index contributed by atoms with van der Waals surface area (Å²) in [5.41, 5.74) is 3.73. The van der Waals surface area contributed by atoms with Crippen LogP contribution in [-0.2, 0) is 19.3 Å². The first-order chi connectivity index (χ1) is 8.80. The Balaban J connectivity index is 2.74. The van der Waals surface area contributed by atoms with Gasteiger partial charge in [0.15, 0.2) is 0 Å². The predicted octanol–water partition coefficient (Wildman–Crippen LogP) is 1.46. The van der Waals surface area contributed by atoms with Crippen LogP contribution in [0.4, 0.5) is 0 Å². The Morgan fingerprint density at radius 1 is 0.556 bits per heavy atom. The summed E-state index contributed by atoms with van der Waals surface area (Å²) < 4.78 is 0. The van der Waals surface area contributed by atoms with Gasteiger partial charge in [0, 0.05) is 19.8 Å². The molecule has 0 spiro atoms. The van der Waals surface area contributed by atoms with Crippen molar-refractivity contribution in [2.24, 2.45) is 0 Å². The lowest BCUT2D eigenvalue weighted by atomic mass is 9.97. The largest absolute Gasteiger partial charge is 0.396 e. The fourth-order valence-corrected chi connectivity index (χ4v) is 2.12. The first-order valence-corrected chi connectivity index (χ1v) is 6.74. The second-order valence-electron chi connectivity index (χ2n) is 4.64. The summed E-state index contributed by atoms with van der Waals surface area (Å²) >= 11 is 0. The summed E-state index contributed by atoms with van der Waals surface area (Å²) in [5.74, 6) is 0. The van der Waals surface area contributed by atoms with E-state index in [4.69, 9.17) is 15.3 Å². The lowest BCUT2D eigenvalue weighted by molar-refractivity contribution is 0.288. The van der Waals surface area contributed by atoms with Gasteiger partial charge >= 0.3 is 0 Å². The van der Waals surface area contributed by atoms with Gasteiger partial charge < -0.3 is 15.3 Å². The third-order valence-corrected chi connectivity index (χ3v) is 2.98. The molecule has 3 N–H and O–H groups in total. The van der Waals surface area contributed by atoms with Crippen LogP contribution in [0.1, 0.15) is 36.0 Å². The monoisotopic (exact) mass is 252 g/mol. The van der Waals surface area contributed by atoms with Crippen molar-refractivity contribution >= 4 is 0 Å². The van der Waals surface area contributed by atoms with E-state index >= 15 is 0 Å². The zero-order chi connectivity index (χ0) is 13.2. The van der Waals surface area contributed by atoms with Crippen molar-refractivity contribution in [3.8, 4) is 0 Å². The number of aryl methyl sites for hydroxylation is 3. The van der Waals surface area contributed by atoms with Crippen LogP contribution in [0.3, 0.4) is 0 Å². The lowest BCUT2D eigenvalue weighted by Gasteiger charge is -2.09. The van der Waals surface area contributed by atoms with Crippen molar-refractivity contribution < 1.29 is 15.3 Å². The van der Waals surface area contributed by atoms with Crippen LogP contribution >= 0.6 is 0 Å². The Hall–Kier alpha value is -0.900. The van der Waals surface area contributed by atoms with E-state index in [0.29, 0.717) is 0 Å². The first-order valence-electron chi connectivity index (χ1n) is 6.74. The van der Waals surface area contributed by atoms with Gasteiger partial charge in [0.25, 0.3) is 0 Å². The van der Waals surface area contributed by atoms with Crippen LogP contribution in [0.25, 0.3) is 0 Å². The van der Waals surface area contributed by atoms with E-state index in [9.17, 15) is 0 Å². The summed E-state index contributed by atoms with van der Waals surface area (Å²) in [4.78, 5) is 0. The standard InChI is InChI=1S/C15H24O3/c16-7-1-4-13-10-14(5-2-8-17)12-15(11-13)6-3-9-18/h10-12,16-18H,1-9H2. The van der Waals surface area contributed by atoms with Crippen LogP contribution < -0.4 is 0 Å². The second kappa shape index (κ2) is 9.09. The van der Waals surface area contributed by atoms with Gasteiger partial charge in [-0.1, -0.05) is 18.2 Å². The highest BCUT2D eigenvalue weighted by molar-refractivity contribution is 5.30. The summed E-state index contributed by atoms with van der Waals surface area (Å²) in [7, 11) is 0. The highest BCUT2D eigenvalue weighted by Gasteiger charge is 2.02. The van der Waals surface area contributed by atoms with Gasteiger partial charge in [-0.3, -0.25) is 0 Å². The van der Waals surface area contributed by atoms with Crippen LogP contribution in [-0.4, -0.2) is 35.1 Å². The maximum Gasteiger partial charge on any atom is 0.0434 e. The number of hydrogen-bond donors (Lipinski definition) is 3. The molecule has 0 aliphatic carbocycles. The highest BCUT2D eigenvalue weighted by atomic mass is 16.3. The molecular weight excluding hydrogens is 228 g/mol. The Morgan fingerprint density at radius 3 is 1.06 bits per heavy atom. The molecule has 0 heterocycles. The quantitative estimate of drug-likeness (QED) is 0.623. The molecule has 0 aliphatic rings. The molecule has 0 unspecified atom stereocenters. The SMILES string of the molecule is OCCCc1cc(CCCO)cc(CCCO)c1. The molecule has 18 heavy (non-hydrogen) atoms. The minimum Gasteiger partial charge on any atom is -0.396 e. The molecule has 3 heteroatoms. The molecule has 0 saturated carbocycles. The Morgan fingerprint density at radius 2 is 0.833 bits per heavy atom. The number of aliphatic hydroxyl groups is 3. The minimum atomic E-state index is 0.215. The fourth-order valence-electron chi connectivity index (χ4n) is 2.12. The van der Waals surface area contributed by atoms with Gasteiger partial charge in [-0.05, 0) is 55.2 Å². The van der Waals surface area contributed by atoms with E-state index in [2.05, 4.69) is 18.2 Å². The van der Waals surface area contributed by atoms with Crippen LogP contribution in [0.2, 0.25) is 0 Å². The van der Waals surface area contributed by atoms with Gasteiger partial charge in [-0.25, -0.2) is 0 Å². The molecule has 1 rings (SSSR count). The average Bonchev–Trinajstić information content (AvgIpc) is 2.40. The molecule has 1 aromatic rings. The number of aliphatic hydroxyl groups excluding tert-OH is 3. The Kier molecular flexibility index (Phi) is 7.65. The summed E-state index contributed by atoms with van der Waals surface area (Å²) in [6, 6.07) is 6.48. The molecule has 0 atom stereocenters. The fraction of sp³-hybridized carbons (Fsp3) is 0.600. The van der Waals surface area contributed by atoms with E-state index in [1.807, 2.05) is 0 Å². The minimum absolute atomic E-state index is 0.215. The van der Waals surface area contributed by atoms with Gasteiger partial charge in [-0.2, -0.15) is 0 Å². The van der Waals surface area contributed by atoms with Crippen molar-refractivity contribution in [2.45, 2.75) is 38.5 Å². The molecule has 1 aromatic carbocycles. The van der Waals surface area contributed by atoms with Crippen molar-refractivity contribution in [3.63, 3.8) is 0 Å². The maximum atomic E-state index is 8.88. The van der Waals surface area contributed by atoms with E-state index in [-0.39, 0.29) is 19.8 Å². The third-order valence-electron chi connectivity index (χ3n) is 2.98. The van der Waals surface area contributed by atoms with E-state index in [1.54, 1.807) is 0 Å². The van der Waals surface area contributed by atoms with Crippen molar-refractivity contribution in [3.05, 3.63) is 34.9 Å². The molecule has 0 radical (unpaired) electrons. The molecular formula is C15H24O3. The first kappa shape index (κ1) is 15.2. The molecule has 0 fully saturated rings. The normalized spacial score (nSPS) is 10.8. The second-order valence-corrected chi connectivity index (χ2v) is 4.64. The number of hydrogen-bond acceptors (Lipinski definition) is 3. The summed E-state index contributed by atoms with van der Waals surface area (Å²) in [6.07, 6.45) is 5.00. The summed E-state index contributed by atoms with van der Waals surface area (Å²) in [6.45, 7) is 0.645. The van der Waals surface area contributed by atoms with Crippen LogP contribution in [0, 0.1) is 0 Å². The Bertz CT molecular complexity index is 272. The smallest absolute Gasteiger partial charge is 0.0434 e. The molecule has 102 valence electrons. The highest BCUT2D eigenvalue weighted by Crippen LogP contribution is 2.15. The Labute approximate surface area is 109 Å². The van der Waals surface area contributed by atoms with E-state index in [1.165, 1.54) is 16.7 Å². The van der Waals surface area contributed by atoms with Gasteiger partial charge in [-0.15, -0.1) is 0 Å². The average molecular weight is 252 g/mol. The maximum absolute atomic E-state index is 8.88. The predicted molar refractivity (Wildman–Crippen MR) is 72.7 cm³/mol. The van der Waals surface area contributed by atoms with Gasteiger partial charge in [0.1, 0.15) is 0 Å². The van der Waals surface area contributed by atoms with Crippen LogP contribution in [0.5, 0.6) is 0 Å².